The van der Waals surface area contributed by atoms with Crippen LogP contribution in [0.25, 0.3) is 0 Å². The molecule has 6 nitrogen and oxygen atoms in total. The Morgan fingerprint density at radius 2 is 2.06 bits per heavy atom. The van der Waals surface area contributed by atoms with Crippen LogP contribution in [-0.2, 0) is 0 Å². The molecule has 0 spiro atoms. The van der Waals surface area contributed by atoms with Gasteiger partial charge in [-0.1, -0.05) is 0 Å². The van der Waals surface area contributed by atoms with Crippen LogP contribution in [0.15, 0.2) is 11.1 Å². The number of aldehydes is 1. The fourth-order valence-electron chi connectivity index (χ4n) is 1.78. The number of hydrogen-bond donors (Lipinski definition) is 1. The first kappa shape index (κ1) is 10.8. The maximum absolute atomic E-state index is 11.4. The van der Waals surface area contributed by atoms with Crippen LogP contribution in [0, 0.1) is 0 Å². The van der Waals surface area contributed by atoms with Crippen LogP contribution in [0.1, 0.15) is 10.4 Å². The number of carbonyl (C=O) groups is 1. The van der Waals surface area contributed by atoms with Crippen molar-refractivity contribution in [3.63, 3.8) is 0 Å². The normalized spacial score (nSPS) is 17.4. The van der Waals surface area contributed by atoms with E-state index in [4.69, 9.17) is 0 Å². The second kappa shape index (κ2) is 4.44. The molecule has 0 unspecified atom stereocenters. The molecule has 6 heteroatoms. The van der Waals surface area contributed by atoms with Crippen molar-refractivity contribution in [3.05, 3.63) is 22.2 Å². The predicted molar refractivity (Wildman–Crippen MR) is 60.0 cm³/mol. The van der Waals surface area contributed by atoms with Gasteiger partial charge >= 0.3 is 0 Å². The third-order valence-electron chi connectivity index (χ3n) is 2.79. The van der Waals surface area contributed by atoms with E-state index < -0.39 is 0 Å². The molecular formula is C10H14N4O2. The van der Waals surface area contributed by atoms with E-state index in [1.54, 1.807) is 0 Å². The molecular weight excluding hydrogens is 208 g/mol. The number of aromatic nitrogens is 2. The van der Waals surface area contributed by atoms with Crippen LogP contribution in [0.2, 0.25) is 0 Å². The van der Waals surface area contributed by atoms with E-state index in [2.05, 4.69) is 14.9 Å². The summed E-state index contributed by atoms with van der Waals surface area (Å²) in [6.45, 7) is 3.39. The summed E-state index contributed by atoms with van der Waals surface area (Å²) < 4.78 is 0. The van der Waals surface area contributed by atoms with Gasteiger partial charge in [0.2, 0.25) is 0 Å². The van der Waals surface area contributed by atoms with Crippen LogP contribution >= 0.6 is 0 Å². The molecule has 1 aliphatic heterocycles. The maximum atomic E-state index is 11.4. The van der Waals surface area contributed by atoms with E-state index in [0.29, 0.717) is 12.1 Å². The minimum Gasteiger partial charge on any atom is -0.353 e. The van der Waals surface area contributed by atoms with Crippen molar-refractivity contribution in [1.82, 2.24) is 14.9 Å². The molecule has 0 amide bonds. The summed E-state index contributed by atoms with van der Waals surface area (Å²) in [6.07, 6.45) is 1.91. The van der Waals surface area contributed by atoms with Crippen molar-refractivity contribution in [2.24, 2.45) is 0 Å². The molecule has 1 saturated heterocycles. The van der Waals surface area contributed by atoms with E-state index in [1.165, 1.54) is 6.33 Å². The molecule has 1 aromatic heterocycles. The van der Waals surface area contributed by atoms with Crippen LogP contribution in [0.3, 0.4) is 0 Å². The van der Waals surface area contributed by atoms with Gasteiger partial charge in [-0.15, -0.1) is 0 Å². The van der Waals surface area contributed by atoms with Crippen molar-refractivity contribution >= 4 is 12.1 Å². The van der Waals surface area contributed by atoms with Crippen LogP contribution in [0.4, 0.5) is 5.82 Å². The molecule has 1 aliphatic rings. The van der Waals surface area contributed by atoms with Crippen molar-refractivity contribution in [1.29, 1.82) is 0 Å². The molecule has 2 rings (SSSR count). The highest BCUT2D eigenvalue weighted by molar-refractivity contribution is 5.82. The SMILES string of the molecule is CN1CCN(c2nc[nH]c(=O)c2C=O)CC1. The molecule has 0 aromatic carbocycles. The molecule has 0 aliphatic carbocycles. The van der Waals surface area contributed by atoms with Crippen LogP contribution in [-0.4, -0.2) is 54.4 Å². The number of aromatic amines is 1. The highest BCUT2D eigenvalue weighted by Crippen LogP contribution is 2.13. The predicted octanol–water partition coefficient (Wildman–Crippen LogP) is -0.666. The lowest BCUT2D eigenvalue weighted by molar-refractivity contribution is 0.112. The zero-order valence-corrected chi connectivity index (χ0v) is 9.14. The standard InChI is InChI=1S/C10H14N4O2/c1-13-2-4-14(5-3-13)9-8(6-15)10(16)12-7-11-9/h6-7H,2-5H2,1H3,(H,11,12,16). The first-order valence-electron chi connectivity index (χ1n) is 5.18. The Hall–Kier alpha value is -1.69. The first-order valence-corrected chi connectivity index (χ1v) is 5.18. The van der Waals surface area contributed by atoms with Crippen LogP contribution in [0.5, 0.6) is 0 Å². The quantitative estimate of drug-likeness (QED) is 0.672. The van der Waals surface area contributed by atoms with Gasteiger partial charge in [-0.05, 0) is 7.05 Å². The van der Waals surface area contributed by atoms with Crippen molar-refractivity contribution < 1.29 is 4.79 Å². The Morgan fingerprint density at radius 1 is 1.38 bits per heavy atom. The van der Waals surface area contributed by atoms with Crippen molar-refractivity contribution in [2.75, 3.05) is 38.1 Å². The summed E-state index contributed by atoms with van der Waals surface area (Å²) in [7, 11) is 2.04. The summed E-state index contributed by atoms with van der Waals surface area (Å²) in [5, 5.41) is 0. The zero-order chi connectivity index (χ0) is 11.5. The van der Waals surface area contributed by atoms with Crippen molar-refractivity contribution in [2.45, 2.75) is 0 Å². The Balaban J connectivity index is 2.30. The molecule has 0 radical (unpaired) electrons. The number of likely N-dealkylation sites (N-methyl/N-ethyl adjacent to an activating group) is 1. The Morgan fingerprint density at radius 3 is 2.69 bits per heavy atom. The molecule has 1 aromatic rings. The van der Waals surface area contributed by atoms with Gasteiger partial charge in [-0.3, -0.25) is 9.59 Å². The van der Waals surface area contributed by atoms with Crippen molar-refractivity contribution in [3.8, 4) is 0 Å². The molecule has 0 bridgehead atoms. The van der Waals surface area contributed by atoms with Gasteiger partial charge in [0.15, 0.2) is 6.29 Å². The molecule has 16 heavy (non-hydrogen) atoms. The number of anilines is 1. The van der Waals surface area contributed by atoms with Gasteiger partial charge in [0.1, 0.15) is 11.4 Å². The average Bonchev–Trinajstić information content (AvgIpc) is 2.30. The van der Waals surface area contributed by atoms with Gasteiger partial charge in [0.05, 0.1) is 6.33 Å². The van der Waals surface area contributed by atoms with Gasteiger partial charge < -0.3 is 14.8 Å². The maximum Gasteiger partial charge on any atom is 0.263 e. The molecule has 0 atom stereocenters. The third-order valence-corrected chi connectivity index (χ3v) is 2.79. The number of nitrogens with zero attached hydrogens (tertiary/aromatic N) is 3. The highest BCUT2D eigenvalue weighted by atomic mass is 16.1. The number of carbonyl (C=O) groups excluding carboxylic acids is 1. The van der Waals surface area contributed by atoms with E-state index in [0.717, 1.165) is 26.2 Å². The van der Waals surface area contributed by atoms with Gasteiger partial charge in [-0.2, -0.15) is 0 Å². The fraction of sp³-hybridized carbons (Fsp3) is 0.500. The lowest BCUT2D eigenvalue weighted by Crippen LogP contribution is -2.45. The highest BCUT2D eigenvalue weighted by Gasteiger charge is 2.19. The molecule has 0 saturated carbocycles. The number of rotatable bonds is 2. The smallest absolute Gasteiger partial charge is 0.263 e. The Kier molecular flexibility index (Phi) is 3.00. The first-order chi connectivity index (χ1) is 7.72. The monoisotopic (exact) mass is 222 g/mol. The lowest BCUT2D eigenvalue weighted by Gasteiger charge is -2.33. The third kappa shape index (κ3) is 1.96. The largest absolute Gasteiger partial charge is 0.353 e. The summed E-state index contributed by atoms with van der Waals surface area (Å²) >= 11 is 0. The number of hydrogen-bond acceptors (Lipinski definition) is 5. The van der Waals surface area contributed by atoms with E-state index in [-0.39, 0.29) is 11.1 Å². The Labute approximate surface area is 92.9 Å². The van der Waals surface area contributed by atoms with E-state index >= 15 is 0 Å². The minimum atomic E-state index is -0.376. The number of H-pyrrole nitrogens is 1. The summed E-state index contributed by atoms with van der Waals surface area (Å²) in [4.78, 5) is 32.9. The minimum absolute atomic E-state index is 0.118. The fourth-order valence-corrected chi connectivity index (χ4v) is 1.78. The summed E-state index contributed by atoms with van der Waals surface area (Å²) in [5.74, 6) is 0.492. The second-order valence-electron chi connectivity index (χ2n) is 3.88. The number of nitrogens with one attached hydrogen (secondary N) is 1. The molecule has 2 heterocycles. The van der Waals surface area contributed by atoms with Gasteiger partial charge in [0, 0.05) is 26.2 Å². The zero-order valence-electron chi connectivity index (χ0n) is 9.14. The van der Waals surface area contributed by atoms with E-state index in [9.17, 15) is 9.59 Å². The van der Waals surface area contributed by atoms with Gasteiger partial charge in [-0.25, -0.2) is 4.98 Å². The van der Waals surface area contributed by atoms with Gasteiger partial charge in [0.25, 0.3) is 5.56 Å². The number of piperazine rings is 1. The molecule has 1 fully saturated rings. The second-order valence-corrected chi connectivity index (χ2v) is 3.88. The van der Waals surface area contributed by atoms with E-state index in [1.807, 2.05) is 11.9 Å². The van der Waals surface area contributed by atoms with Crippen LogP contribution < -0.4 is 10.5 Å². The topological polar surface area (TPSA) is 69.3 Å². The lowest BCUT2D eigenvalue weighted by atomic mass is 10.2. The average molecular weight is 222 g/mol. The molecule has 1 N–H and O–H groups in total. The summed E-state index contributed by atoms with van der Waals surface area (Å²) in [6, 6.07) is 0. The molecule has 86 valence electrons. The Bertz CT molecular complexity index is 435. The summed E-state index contributed by atoms with van der Waals surface area (Å²) in [5.41, 5.74) is -0.258.